The summed E-state index contributed by atoms with van der Waals surface area (Å²) in [7, 11) is 0. The van der Waals surface area contributed by atoms with E-state index in [0.29, 0.717) is 35.4 Å². The summed E-state index contributed by atoms with van der Waals surface area (Å²) in [5, 5.41) is 0. The van der Waals surface area contributed by atoms with E-state index in [1.807, 2.05) is 0 Å². The number of Topliss-reactive ketones (excluding diaryl/α,β-unsaturated/α-hetero) is 1. The van der Waals surface area contributed by atoms with Crippen LogP contribution < -0.4 is 0 Å². The first-order chi connectivity index (χ1) is 9.16. The van der Waals surface area contributed by atoms with Crippen molar-refractivity contribution in [1.82, 2.24) is 0 Å². The van der Waals surface area contributed by atoms with Gasteiger partial charge in [0.15, 0.2) is 0 Å². The summed E-state index contributed by atoms with van der Waals surface area (Å²) in [5.74, 6) is 3.44. The average molecular weight is 254 g/mol. The largest absolute Gasteiger partial charge is 0.300 e. The lowest BCUT2D eigenvalue weighted by Gasteiger charge is -2.24. The van der Waals surface area contributed by atoms with Crippen molar-refractivity contribution in [2.45, 2.75) is 26.7 Å². The molecule has 0 N–H and O–H groups in total. The maximum atomic E-state index is 11.3. The molecule has 3 aliphatic carbocycles. The second-order valence-electron chi connectivity index (χ2n) is 6.25. The monoisotopic (exact) mass is 254 g/mol. The van der Waals surface area contributed by atoms with Crippen molar-refractivity contribution < 1.29 is 4.79 Å². The molecule has 0 aliphatic heterocycles. The Bertz CT molecular complexity index is 492. The summed E-state index contributed by atoms with van der Waals surface area (Å²) >= 11 is 0. The van der Waals surface area contributed by atoms with Crippen LogP contribution in [0.3, 0.4) is 0 Å². The lowest BCUT2D eigenvalue weighted by molar-refractivity contribution is -0.117. The van der Waals surface area contributed by atoms with Crippen molar-refractivity contribution in [3.05, 3.63) is 48.1 Å². The molecule has 0 aromatic heterocycles. The third-order valence-corrected chi connectivity index (χ3v) is 4.97. The van der Waals surface area contributed by atoms with Gasteiger partial charge in [0.25, 0.3) is 0 Å². The Morgan fingerprint density at radius 2 is 1.74 bits per heavy atom. The zero-order valence-electron chi connectivity index (χ0n) is 11.8. The molecule has 100 valence electrons. The lowest BCUT2D eigenvalue weighted by atomic mass is 9.80. The number of fused-ring (bicyclic) bond motifs is 3. The number of carbonyl (C=O) groups is 1. The molecular weight excluding hydrogens is 232 g/mol. The van der Waals surface area contributed by atoms with Gasteiger partial charge in [-0.1, -0.05) is 48.1 Å². The fourth-order valence-electron chi connectivity index (χ4n) is 4.12. The van der Waals surface area contributed by atoms with E-state index in [4.69, 9.17) is 0 Å². The maximum absolute atomic E-state index is 11.3. The van der Waals surface area contributed by atoms with Crippen LogP contribution in [0.2, 0.25) is 0 Å². The van der Waals surface area contributed by atoms with Crippen LogP contribution in [0, 0.1) is 29.6 Å². The number of ketones is 1. The van der Waals surface area contributed by atoms with Gasteiger partial charge in [-0.2, -0.15) is 0 Å². The highest BCUT2D eigenvalue weighted by Gasteiger charge is 2.46. The molecule has 3 aliphatic rings. The van der Waals surface area contributed by atoms with Crippen LogP contribution in [-0.2, 0) is 4.79 Å². The topological polar surface area (TPSA) is 17.1 Å². The molecule has 0 amide bonds. The fraction of sp³-hybridized carbons (Fsp3) is 0.500. The SMILES string of the molecule is CC(=O)CCC1C2C=CC=CC2C2C=CC(C)=CC21. The number of carbonyl (C=O) groups excluding carboxylic acids is 1. The Morgan fingerprint density at radius 3 is 2.47 bits per heavy atom. The molecule has 1 fully saturated rings. The van der Waals surface area contributed by atoms with Gasteiger partial charge in [0.1, 0.15) is 5.78 Å². The van der Waals surface area contributed by atoms with Gasteiger partial charge in [-0.3, -0.25) is 0 Å². The fourth-order valence-corrected chi connectivity index (χ4v) is 4.12. The molecule has 0 spiro atoms. The zero-order valence-corrected chi connectivity index (χ0v) is 11.8. The summed E-state index contributed by atoms with van der Waals surface area (Å²) in [4.78, 5) is 11.3. The molecule has 1 heteroatoms. The zero-order chi connectivity index (χ0) is 13.4. The molecule has 0 aromatic rings. The lowest BCUT2D eigenvalue weighted by Crippen LogP contribution is -2.17. The Hall–Kier alpha value is -1.37. The van der Waals surface area contributed by atoms with Crippen LogP contribution in [0.4, 0.5) is 0 Å². The number of hydrogen-bond acceptors (Lipinski definition) is 1. The molecule has 0 saturated heterocycles. The standard InChI is InChI=1S/C18H22O/c1-12-7-9-16-14-5-3-4-6-15(14)17(18(16)11-12)10-8-13(2)19/h3-7,9,11,14-18H,8,10H2,1-2H3. The van der Waals surface area contributed by atoms with Crippen LogP contribution >= 0.6 is 0 Å². The molecule has 19 heavy (non-hydrogen) atoms. The summed E-state index contributed by atoms with van der Waals surface area (Å²) in [6.07, 6.45) is 18.0. The number of allylic oxidation sites excluding steroid dienone is 8. The van der Waals surface area contributed by atoms with Gasteiger partial charge < -0.3 is 4.79 Å². The molecule has 3 rings (SSSR count). The van der Waals surface area contributed by atoms with Crippen molar-refractivity contribution in [1.29, 1.82) is 0 Å². The van der Waals surface area contributed by atoms with Crippen LogP contribution in [-0.4, -0.2) is 5.78 Å². The molecule has 1 saturated carbocycles. The maximum Gasteiger partial charge on any atom is 0.129 e. The second kappa shape index (κ2) is 4.96. The van der Waals surface area contributed by atoms with Crippen molar-refractivity contribution in [3.63, 3.8) is 0 Å². The minimum absolute atomic E-state index is 0.322. The van der Waals surface area contributed by atoms with Gasteiger partial charge in [-0.15, -0.1) is 0 Å². The predicted molar refractivity (Wildman–Crippen MR) is 78.5 cm³/mol. The molecule has 5 unspecified atom stereocenters. The molecule has 0 heterocycles. The Labute approximate surface area is 115 Å². The van der Waals surface area contributed by atoms with Crippen molar-refractivity contribution in [2.24, 2.45) is 29.6 Å². The van der Waals surface area contributed by atoms with Gasteiger partial charge in [0.05, 0.1) is 0 Å². The highest BCUT2D eigenvalue weighted by Crippen LogP contribution is 2.53. The highest BCUT2D eigenvalue weighted by atomic mass is 16.1. The highest BCUT2D eigenvalue weighted by molar-refractivity contribution is 5.75. The quantitative estimate of drug-likeness (QED) is 0.741. The van der Waals surface area contributed by atoms with Gasteiger partial charge in [-0.25, -0.2) is 0 Å². The van der Waals surface area contributed by atoms with Gasteiger partial charge in [0, 0.05) is 6.42 Å². The van der Waals surface area contributed by atoms with Crippen LogP contribution in [0.1, 0.15) is 26.7 Å². The Morgan fingerprint density at radius 1 is 1.05 bits per heavy atom. The summed E-state index contributed by atoms with van der Waals surface area (Å²) in [5.41, 5.74) is 1.38. The van der Waals surface area contributed by atoms with Crippen molar-refractivity contribution in [3.8, 4) is 0 Å². The van der Waals surface area contributed by atoms with Gasteiger partial charge >= 0.3 is 0 Å². The minimum Gasteiger partial charge on any atom is -0.300 e. The van der Waals surface area contributed by atoms with E-state index in [-0.39, 0.29) is 0 Å². The summed E-state index contributed by atoms with van der Waals surface area (Å²) in [6.45, 7) is 3.89. The molecule has 5 atom stereocenters. The van der Waals surface area contributed by atoms with E-state index < -0.39 is 0 Å². The van der Waals surface area contributed by atoms with Crippen LogP contribution in [0.5, 0.6) is 0 Å². The minimum atomic E-state index is 0.322. The summed E-state index contributed by atoms with van der Waals surface area (Å²) in [6, 6.07) is 0. The summed E-state index contributed by atoms with van der Waals surface area (Å²) < 4.78 is 0. The molecule has 0 bridgehead atoms. The van der Waals surface area contributed by atoms with Crippen LogP contribution in [0.15, 0.2) is 48.1 Å². The first-order valence-electron chi connectivity index (χ1n) is 7.38. The Kier molecular flexibility index (Phi) is 3.30. The van der Waals surface area contributed by atoms with Crippen molar-refractivity contribution >= 4 is 5.78 Å². The van der Waals surface area contributed by atoms with E-state index in [1.165, 1.54) is 5.57 Å². The average Bonchev–Trinajstić information content (AvgIpc) is 2.69. The molecule has 0 radical (unpaired) electrons. The van der Waals surface area contributed by atoms with E-state index in [9.17, 15) is 4.79 Å². The van der Waals surface area contributed by atoms with Crippen LogP contribution in [0.25, 0.3) is 0 Å². The molecule has 0 aromatic carbocycles. The first kappa shape index (κ1) is 12.7. The van der Waals surface area contributed by atoms with Crippen molar-refractivity contribution in [2.75, 3.05) is 0 Å². The van der Waals surface area contributed by atoms with E-state index >= 15 is 0 Å². The predicted octanol–water partition coefficient (Wildman–Crippen LogP) is 4.09. The van der Waals surface area contributed by atoms with E-state index in [1.54, 1.807) is 6.92 Å². The first-order valence-corrected chi connectivity index (χ1v) is 7.38. The number of hydrogen-bond donors (Lipinski definition) is 0. The van der Waals surface area contributed by atoms with E-state index in [2.05, 4.69) is 49.5 Å². The Balaban J connectivity index is 1.88. The normalized spacial score (nSPS) is 38.8. The van der Waals surface area contributed by atoms with Gasteiger partial charge in [-0.05, 0) is 49.9 Å². The molecular formula is C18H22O. The third-order valence-electron chi connectivity index (χ3n) is 4.97. The number of rotatable bonds is 3. The second-order valence-corrected chi connectivity index (χ2v) is 6.25. The van der Waals surface area contributed by atoms with E-state index in [0.717, 1.165) is 12.8 Å². The molecule has 1 nitrogen and oxygen atoms in total. The smallest absolute Gasteiger partial charge is 0.129 e. The van der Waals surface area contributed by atoms with Gasteiger partial charge in [0.2, 0.25) is 0 Å². The third kappa shape index (κ3) is 2.27.